The van der Waals surface area contributed by atoms with Crippen LogP contribution in [0.1, 0.15) is 35.4 Å². The molecule has 3 aromatic rings. The van der Waals surface area contributed by atoms with E-state index in [1.807, 2.05) is 46.3 Å². The fourth-order valence-corrected chi connectivity index (χ4v) is 3.54. The molecule has 3 heterocycles. The van der Waals surface area contributed by atoms with Gasteiger partial charge in [-0.1, -0.05) is 12.1 Å². The number of hydrogen-bond acceptors (Lipinski definition) is 5. The number of rotatable bonds is 6. The van der Waals surface area contributed by atoms with Gasteiger partial charge in [-0.25, -0.2) is 0 Å². The summed E-state index contributed by atoms with van der Waals surface area (Å²) in [5.74, 6) is -0.641. The molecule has 0 aliphatic carbocycles. The highest BCUT2D eigenvalue weighted by molar-refractivity contribution is 7.10. The number of pyridine rings is 1. The predicted molar refractivity (Wildman–Crippen MR) is 97.4 cm³/mol. The van der Waals surface area contributed by atoms with Crippen LogP contribution >= 0.6 is 11.3 Å². The molecule has 1 amide bonds. The van der Waals surface area contributed by atoms with Crippen molar-refractivity contribution >= 4 is 28.7 Å². The first-order valence-corrected chi connectivity index (χ1v) is 8.91. The minimum absolute atomic E-state index is 0.0145. The number of carbonyl (C=O) groups excluding carboxylic acids is 2. The molecule has 26 heavy (non-hydrogen) atoms. The summed E-state index contributed by atoms with van der Waals surface area (Å²) < 4.78 is 7.19. The molecule has 6 nitrogen and oxygen atoms in total. The van der Waals surface area contributed by atoms with Crippen LogP contribution in [-0.2, 0) is 20.9 Å². The largest absolute Gasteiger partial charge is 0.461 e. The number of fused-ring (bicyclic) bond motifs is 1. The van der Waals surface area contributed by atoms with Gasteiger partial charge in [0, 0.05) is 29.8 Å². The SMILES string of the molecule is CC(=O)N[C@H](CC(=O)OCc1cn2ccccc2c1C#N)c1cccs1. The van der Waals surface area contributed by atoms with Crippen molar-refractivity contribution in [1.82, 2.24) is 9.72 Å². The van der Waals surface area contributed by atoms with Gasteiger partial charge >= 0.3 is 5.97 Å². The maximum absolute atomic E-state index is 12.3. The summed E-state index contributed by atoms with van der Waals surface area (Å²) in [5, 5.41) is 14.1. The van der Waals surface area contributed by atoms with Crippen LogP contribution in [0.2, 0.25) is 0 Å². The van der Waals surface area contributed by atoms with E-state index in [9.17, 15) is 14.9 Å². The van der Waals surface area contributed by atoms with Gasteiger partial charge in [0.1, 0.15) is 12.7 Å². The topological polar surface area (TPSA) is 83.6 Å². The predicted octanol–water partition coefficient (Wildman–Crippen LogP) is 3.18. The molecule has 3 aromatic heterocycles. The average molecular weight is 367 g/mol. The Morgan fingerprint density at radius 3 is 2.88 bits per heavy atom. The molecule has 0 saturated carbocycles. The molecule has 132 valence electrons. The van der Waals surface area contributed by atoms with Crippen LogP contribution in [0, 0.1) is 11.3 Å². The van der Waals surface area contributed by atoms with Crippen molar-refractivity contribution in [3.63, 3.8) is 0 Å². The van der Waals surface area contributed by atoms with E-state index in [0.29, 0.717) is 11.1 Å². The first kappa shape index (κ1) is 17.7. The molecule has 0 aromatic carbocycles. The van der Waals surface area contributed by atoms with Gasteiger partial charge in [-0.05, 0) is 23.6 Å². The van der Waals surface area contributed by atoms with Crippen LogP contribution in [0.5, 0.6) is 0 Å². The van der Waals surface area contributed by atoms with Crippen molar-refractivity contribution < 1.29 is 14.3 Å². The Hall–Kier alpha value is -3.11. The number of nitriles is 1. The number of nitrogens with zero attached hydrogens (tertiary/aromatic N) is 2. The lowest BCUT2D eigenvalue weighted by atomic mass is 10.1. The van der Waals surface area contributed by atoms with Crippen LogP contribution in [0.25, 0.3) is 5.52 Å². The van der Waals surface area contributed by atoms with Crippen LogP contribution < -0.4 is 5.32 Å². The summed E-state index contributed by atoms with van der Waals surface area (Å²) in [6.07, 6.45) is 3.66. The van der Waals surface area contributed by atoms with E-state index in [1.54, 1.807) is 6.20 Å². The van der Waals surface area contributed by atoms with Crippen molar-refractivity contribution in [3.8, 4) is 6.07 Å². The van der Waals surface area contributed by atoms with Gasteiger partial charge in [-0.2, -0.15) is 5.26 Å². The monoisotopic (exact) mass is 367 g/mol. The molecule has 1 atom stereocenters. The zero-order valence-corrected chi connectivity index (χ0v) is 15.0. The number of nitrogens with one attached hydrogen (secondary N) is 1. The van der Waals surface area contributed by atoms with E-state index >= 15 is 0 Å². The minimum atomic E-state index is -0.434. The van der Waals surface area contributed by atoms with Crippen LogP contribution in [0.15, 0.2) is 48.1 Å². The molecule has 0 saturated heterocycles. The molecule has 0 bridgehead atoms. The smallest absolute Gasteiger partial charge is 0.308 e. The number of esters is 1. The number of ether oxygens (including phenoxy) is 1. The summed E-state index contributed by atoms with van der Waals surface area (Å²) in [4.78, 5) is 24.5. The van der Waals surface area contributed by atoms with Crippen LogP contribution in [0.3, 0.4) is 0 Å². The molecule has 0 spiro atoms. The average Bonchev–Trinajstić information content (AvgIpc) is 3.26. The summed E-state index contributed by atoms with van der Waals surface area (Å²) in [6.45, 7) is 1.43. The molecule has 0 aliphatic heterocycles. The summed E-state index contributed by atoms with van der Waals surface area (Å²) >= 11 is 1.47. The molecule has 0 aliphatic rings. The van der Waals surface area contributed by atoms with Crippen molar-refractivity contribution in [2.24, 2.45) is 0 Å². The lowest BCUT2D eigenvalue weighted by molar-refractivity contribution is -0.145. The summed E-state index contributed by atoms with van der Waals surface area (Å²) in [5.41, 5.74) is 1.92. The third-order valence-corrected chi connectivity index (χ3v) is 4.88. The maximum atomic E-state index is 12.3. The quantitative estimate of drug-likeness (QED) is 0.678. The zero-order chi connectivity index (χ0) is 18.5. The van der Waals surface area contributed by atoms with E-state index < -0.39 is 12.0 Å². The first-order valence-electron chi connectivity index (χ1n) is 8.03. The normalized spacial score (nSPS) is 11.7. The Labute approximate surface area is 154 Å². The number of amides is 1. The number of carbonyl (C=O) groups is 2. The second-order valence-electron chi connectivity index (χ2n) is 5.77. The van der Waals surface area contributed by atoms with Gasteiger partial charge in [-0.3, -0.25) is 9.59 Å². The van der Waals surface area contributed by atoms with Crippen molar-refractivity contribution in [1.29, 1.82) is 5.26 Å². The fraction of sp³-hybridized carbons (Fsp3) is 0.211. The van der Waals surface area contributed by atoms with E-state index in [0.717, 1.165) is 10.4 Å². The molecule has 3 rings (SSSR count). The van der Waals surface area contributed by atoms with Gasteiger partial charge < -0.3 is 14.5 Å². The van der Waals surface area contributed by atoms with Crippen LogP contribution in [-0.4, -0.2) is 16.3 Å². The van der Waals surface area contributed by atoms with E-state index in [-0.39, 0.29) is 18.9 Å². The molecule has 1 N–H and O–H groups in total. The Morgan fingerprint density at radius 2 is 2.19 bits per heavy atom. The molecule has 0 radical (unpaired) electrons. The van der Waals surface area contributed by atoms with Crippen molar-refractivity contribution in [2.75, 3.05) is 0 Å². The van der Waals surface area contributed by atoms with Gasteiger partial charge in [0.05, 0.1) is 23.5 Å². The van der Waals surface area contributed by atoms with Gasteiger partial charge in [-0.15, -0.1) is 11.3 Å². The van der Waals surface area contributed by atoms with Crippen LogP contribution in [0.4, 0.5) is 0 Å². The lowest BCUT2D eigenvalue weighted by Crippen LogP contribution is -2.28. The van der Waals surface area contributed by atoms with Gasteiger partial charge in [0.15, 0.2) is 0 Å². The third kappa shape index (κ3) is 3.92. The maximum Gasteiger partial charge on any atom is 0.308 e. The first-order chi connectivity index (χ1) is 12.6. The number of thiophene rings is 1. The van der Waals surface area contributed by atoms with Crippen molar-refractivity contribution in [3.05, 3.63) is 64.1 Å². The Morgan fingerprint density at radius 1 is 1.35 bits per heavy atom. The zero-order valence-electron chi connectivity index (χ0n) is 14.1. The Bertz CT molecular complexity index is 970. The van der Waals surface area contributed by atoms with E-state index in [1.165, 1.54) is 18.3 Å². The van der Waals surface area contributed by atoms with Crippen molar-refractivity contribution in [2.45, 2.75) is 26.0 Å². The van der Waals surface area contributed by atoms with Gasteiger partial charge in [0.25, 0.3) is 0 Å². The Kier molecular flexibility index (Phi) is 5.34. The molecule has 7 heteroatoms. The summed E-state index contributed by atoms with van der Waals surface area (Å²) in [7, 11) is 0. The Balaban J connectivity index is 1.68. The summed E-state index contributed by atoms with van der Waals surface area (Å²) in [6, 6.07) is 11.0. The number of hydrogen-bond donors (Lipinski definition) is 1. The molecule has 0 fully saturated rings. The minimum Gasteiger partial charge on any atom is -0.461 e. The molecular formula is C19H17N3O3S. The third-order valence-electron chi connectivity index (χ3n) is 3.90. The van der Waals surface area contributed by atoms with Gasteiger partial charge in [0.2, 0.25) is 5.91 Å². The second kappa shape index (κ2) is 7.85. The highest BCUT2D eigenvalue weighted by Gasteiger charge is 2.20. The lowest BCUT2D eigenvalue weighted by Gasteiger charge is -2.15. The highest BCUT2D eigenvalue weighted by Crippen LogP contribution is 2.23. The molecule has 0 unspecified atom stereocenters. The molecular weight excluding hydrogens is 350 g/mol. The standard InChI is InChI=1S/C19H17N3O3S/c1-13(23)21-16(18-6-4-8-26-18)9-19(24)25-12-14-11-22-7-3-2-5-17(22)15(14)10-20/h2-8,11,16H,9,12H2,1H3,(H,21,23)/t16-/m1/s1. The van der Waals surface area contributed by atoms with E-state index in [2.05, 4.69) is 11.4 Å². The second-order valence-corrected chi connectivity index (χ2v) is 6.75. The fourth-order valence-electron chi connectivity index (χ4n) is 2.76. The number of aromatic nitrogens is 1. The highest BCUT2D eigenvalue weighted by atomic mass is 32.1. The van der Waals surface area contributed by atoms with E-state index in [4.69, 9.17) is 4.74 Å².